The van der Waals surface area contributed by atoms with Gasteiger partial charge in [-0.1, -0.05) is 18.2 Å². The molecule has 5 rings (SSSR count). The van der Waals surface area contributed by atoms with Gasteiger partial charge in [0.25, 0.3) is 0 Å². The van der Waals surface area contributed by atoms with Crippen molar-refractivity contribution >= 4 is 22.3 Å². The summed E-state index contributed by atoms with van der Waals surface area (Å²) >= 11 is 0. The number of aromatic nitrogens is 4. The van der Waals surface area contributed by atoms with E-state index >= 15 is 0 Å². The third kappa shape index (κ3) is 4.19. The van der Waals surface area contributed by atoms with Gasteiger partial charge in [-0.3, -0.25) is 0 Å². The first-order chi connectivity index (χ1) is 16.6. The predicted octanol–water partition coefficient (Wildman–Crippen LogP) is 5.96. The van der Waals surface area contributed by atoms with Crippen molar-refractivity contribution in [3.05, 3.63) is 76.5 Å². The summed E-state index contributed by atoms with van der Waals surface area (Å²) in [4.78, 5) is 7.00. The number of nitrogens with one attached hydrogen (secondary N) is 1. The van der Waals surface area contributed by atoms with Crippen LogP contribution in [0.2, 0.25) is 0 Å². The van der Waals surface area contributed by atoms with Gasteiger partial charge in [-0.25, -0.2) is 4.98 Å². The number of nitrogens with zero attached hydrogens (tertiary/aromatic N) is 5. The largest absolute Gasteiger partial charge is 0.416 e. The number of hydrogen-bond acceptors (Lipinski definition) is 5. The molecule has 1 aliphatic rings. The van der Waals surface area contributed by atoms with Crippen molar-refractivity contribution in [1.29, 1.82) is 0 Å². The highest BCUT2D eigenvalue weighted by Gasteiger charge is 2.33. The van der Waals surface area contributed by atoms with Gasteiger partial charge in [0, 0.05) is 35.2 Å². The zero-order chi connectivity index (χ0) is 24.9. The molecular formula is C26H27F3N6. The molecule has 182 valence electrons. The van der Waals surface area contributed by atoms with Crippen LogP contribution in [-0.2, 0) is 19.3 Å². The second-order valence-corrected chi connectivity index (χ2v) is 9.12. The van der Waals surface area contributed by atoms with Crippen LogP contribution >= 0.6 is 0 Å². The van der Waals surface area contributed by atoms with Crippen LogP contribution in [-0.4, -0.2) is 26.3 Å². The zero-order valence-electron chi connectivity index (χ0n) is 20.1. The Morgan fingerprint density at radius 2 is 1.86 bits per heavy atom. The van der Waals surface area contributed by atoms with Crippen molar-refractivity contribution in [1.82, 2.24) is 19.7 Å². The van der Waals surface area contributed by atoms with Crippen LogP contribution in [0.1, 0.15) is 46.9 Å². The van der Waals surface area contributed by atoms with Crippen LogP contribution in [0.25, 0.3) is 10.8 Å². The van der Waals surface area contributed by atoms with Crippen LogP contribution in [0.3, 0.4) is 0 Å². The standard InChI is InChI=1S/C26H27F3N6/c1-15-21(6-5-7-23(15)26(27,28)29)17(3)32-25-22-12-20(9-8-19(22)13-30-33-25)34-10-11-35-18(4)16(2)31-24(35)14-34/h5-9,12-13,17H,10-11,14H2,1-4H3,(H,32,33)/t17-/m1/s1. The second kappa shape index (κ2) is 8.55. The summed E-state index contributed by atoms with van der Waals surface area (Å²) < 4.78 is 42.5. The zero-order valence-corrected chi connectivity index (χ0v) is 20.1. The van der Waals surface area contributed by atoms with E-state index in [-0.39, 0.29) is 5.56 Å². The fraction of sp³-hybridized carbons (Fsp3) is 0.346. The Balaban J connectivity index is 1.46. The Morgan fingerprint density at radius 3 is 2.63 bits per heavy atom. The van der Waals surface area contributed by atoms with Gasteiger partial charge in [0.15, 0.2) is 5.82 Å². The molecule has 0 aliphatic carbocycles. The first kappa shape index (κ1) is 23.1. The number of fused-ring (bicyclic) bond motifs is 2. The summed E-state index contributed by atoms with van der Waals surface area (Å²) in [7, 11) is 0. The van der Waals surface area contributed by atoms with Crippen LogP contribution < -0.4 is 10.2 Å². The third-order valence-corrected chi connectivity index (χ3v) is 6.98. The molecule has 0 saturated heterocycles. The highest BCUT2D eigenvalue weighted by atomic mass is 19.4. The maximum Gasteiger partial charge on any atom is 0.416 e. The average molecular weight is 481 g/mol. The lowest BCUT2D eigenvalue weighted by atomic mass is 9.97. The van der Waals surface area contributed by atoms with Gasteiger partial charge < -0.3 is 14.8 Å². The maximum atomic E-state index is 13.4. The number of anilines is 2. The average Bonchev–Trinajstić information content (AvgIpc) is 3.11. The summed E-state index contributed by atoms with van der Waals surface area (Å²) in [6.45, 7) is 9.91. The fourth-order valence-corrected chi connectivity index (χ4v) is 4.91. The Bertz CT molecular complexity index is 1410. The number of aryl methyl sites for hydroxylation is 1. The molecule has 0 saturated carbocycles. The van der Waals surface area contributed by atoms with Crippen molar-refractivity contribution < 1.29 is 13.2 Å². The van der Waals surface area contributed by atoms with Gasteiger partial charge in [-0.15, -0.1) is 5.10 Å². The normalized spacial score (nSPS) is 14.8. The highest BCUT2D eigenvalue weighted by Crippen LogP contribution is 2.36. The molecule has 4 aromatic rings. The van der Waals surface area contributed by atoms with E-state index in [1.165, 1.54) is 18.7 Å². The summed E-state index contributed by atoms with van der Waals surface area (Å²) in [5.41, 5.74) is 3.47. The number of alkyl halides is 3. The Hall–Kier alpha value is -3.62. The van der Waals surface area contributed by atoms with Crippen LogP contribution in [0, 0.1) is 20.8 Å². The minimum absolute atomic E-state index is 0.211. The molecule has 0 amide bonds. The molecule has 1 N–H and O–H groups in total. The molecule has 0 spiro atoms. The van der Waals surface area contributed by atoms with Crippen molar-refractivity contribution in [3.63, 3.8) is 0 Å². The molecule has 1 aliphatic heterocycles. The van der Waals surface area contributed by atoms with E-state index < -0.39 is 17.8 Å². The van der Waals surface area contributed by atoms with Gasteiger partial charge in [-0.05, 0) is 57.0 Å². The molecule has 9 heteroatoms. The number of imidazole rings is 1. The van der Waals surface area contributed by atoms with Gasteiger partial charge in [0.05, 0.1) is 30.0 Å². The minimum Gasteiger partial charge on any atom is -0.362 e. The van der Waals surface area contributed by atoms with Gasteiger partial charge in [0.2, 0.25) is 0 Å². The highest BCUT2D eigenvalue weighted by molar-refractivity contribution is 5.93. The number of hydrogen-bond donors (Lipinski definition) is 1. The van der Waals surface area contributed by atoms with E-state index in [9.17, 15) is 13.2 Å². The van der Waals surface area contributed by atoms with Crippen molar-refractivity contribution in [2.24, 2.45) is 0 Å². The Labute approximate surface area is 201 Å². The lowest BCUT2D eigenvalue weighted by Crippen LogP contribution is -2.34. The molecule has 35 heavy (non-hydrogen) atoms. The molecule has 3 heterocycles. The molecular weight excluding hydrogens is 453 g/mol. The van der Waals surface area contributed by atoms with E-state index in [0.29, 0.717) is 17.9 Å². The summed E-state index contributed by atoms with van der Waals surface area (Å²) in [5.74, 6) is 1.59. The monoisotopic (exact) mass is 480 g/mol. The van der Waals surface area contributed by atoms with E-state index in [4.69, 9.17) is 4.98 Å². The van der Waals surface area contributed by atoms with E-state index in [1.807, 2.05) is 19.9 Å². The van der Waals surface area contributed by atoms with E-state index in [2.05, 4.69) is 44.0 Å². The van der Waals surface area contributed by atoms with Crippen LogP contribution in [0.4, 0.5) is 24.7 Å². The fourth-order valence-electron chi connectivity index (χ4n) is 4.91. The predicted molar refractivity (Wildman–Crippen MR) is 131 cm³/mol. The Kier molecular flexibility index (Phi) is 5.65. The maximum absolute atomic E-state index is 13.4. The van der Waals surface area contributed by atoms with Crippen molar-refractivity contribution in [3.8, 4) is 0 Å². The Morgan fingerprint density at radius 1 is 1.06 bits per heavy atom. The first-order valence-electron chi connectivity index (χ1n) is 11.6. The number of halogens is 3. The van der Waals surface area contributed by atoms with Gasteiger partial charge in [-0.2, -0.15) is 18.3 Å². The SMILES string of the molecule is Cc1nc2n(c1C)CCN(c1ccc3cnnc(N[C@H](C)c4cccc(C(F)(F)F)c4C)c3c1)C2. The van der Waals surface area contributed by atoms with Gasteiger partial charge >= 0.3 is 6.18 Å². The molecule has 1 atom stereocenters. The molecule has 6 nitrogen and oxygen atoms in total. The topological polar surface area (TPSA) is 58.9 Å². The lowest BCUT2D eigenvalue weighted by Gasteiger charge is -2.30. The lowest BCUT2D eigenvalue weighted by molar-refractivity contribution is -0.138. The second-order valence-electron chi connectivity index (χ2n) is 9.12. The molecule has 0 fully saturated rings. The summed E-state index contributed by atoms with van der Waals surface area (Å²) in [6.07, 6.45) is -2.70. The van der Waals surface area contributed by atoms with E-state index in [1.54, 1.807) is 12.3 Å². The molecule has 0 unspecified atom stereocenters. The smallest absolute Gasteiger partial charge is 0.362 e. The van der Waals surface area contributed by atoms with Crippen LogP contribution in [0.15, 0.2) is 42.6 Å². The van der Waals surface area contributed by atoms with Crippen molar-refractivity contribution in [2.45, 2.75) is 53.0 Å². The van der Waals surface area contributed by atoms with Crippen LogP contribution in [0.5, 0.6) is 0 Å². The molecule has 0 bridgehead atoms. The number of benzene rings is 2. The molecule has 2 aromatic heterocycles. The third-order valence-electron chi connectivity index (χ3n) is 6.98. The quantitative estimate of drug-likeness (QED) is 0.390. The molecule has 0 radical (unpaired) electrons. The van der Waals surface area contributed by atoms with Crippen molar-refractivity contribution in [2.75, 3.05) is 16.8 Å². The van der Waals surface area contributed by atoms with Gasteiger partial charge in [0.1, 0.15) is 5.82 Å². The minimum atomic E-state index is -4.39. The summed E-state index contributed by atoms with van der Waals surface area (Å²) in [5, 5.41) is 13.5. The molecule has 2 aromatic carbocycles. The number of rotatable bonds is 4. The summed E-state index contributed by atoms with van der Waals surface area (Å²) in [6, 6.07) is 10.0. The van der Waals surface area contributed by atoms with E-state index in [0.717, 1.165) is 47.1 Å². The first-order valence-corrected chi connectivity index (χ1v) is 11.6.